The number of rotatable bonds is 3. The molecule has 1 amide bonds. The number of hydrogen-bond donors (Lipinski definition) is 1. The summed E-state index contributed by atoms with van der Waals surface area (Å²) in [5.41, 5.74) is 0.0912. The van der Waals surface area contributed by atoms with Crippen LogP contribution in [-0.2, 0) is 4.79 Å². The molecule has 112 valence electrons. The van der Waals surface area contributed by atoms with Gasteiger partial charge < -0.3 is 14.6 Å². The Morgan fingerprint density at radius 1 is 1.19 bits per heavy atom. The lowest BCUT2D eigenvalue weighted by atomic mass is 10.0. The largest absolute Gasteiger partial charge is 0.476 e. The van der Waals surface area contributed by atoms with Gasteiger partial charge in [0.15, 0.2) is 5.60 Å². The molecule has 1 N–H and O–H groups in total. The fourth-order valence-corrected chi connectivity index (χ4v) is 2.94. The monoisotopic (exact) mass is 286 g/mol. The maximum Gasteiger partial charge on any atom is 0.266 e. The second-order valence-corrected chi connectivity index (χ2v) is 6.16. The summed E-state index contributed by atoms with van der Waals surface area (Å²) in [6.45, 7) is 5.40. The van der Waals surface area contributed by atoms with Crippen LogP contribution in [0.2, 0.25) is 0 Å². The van der Waals surface area contributed by atoms with Crippen LogP contribution < -0.4 is 4.74 Å². The van der Waals surface area contributed by atoms with E-state index in [2.05, 4.69) is 4.98 Å². The van der Waals surface area contributed by atoms with Crippen molar-refractivity contribution in [3.8, 4) is 5.75 Å². The molecular weight excluding hydrogens is 264 g/mol. The number of carbonyl (C=O) groups excluding carboxylic acids is 1. The van der Waals surface area contributed by atoms with Gasteiger partial charge in [-0.1, -0.05) is 12.1 Å². The van der Waals surface area contributed by atoms with E-state index >= 15 is 0 Å². The van der Waals surface area contributed by atoms with Crippen molar-refractivity contribution in [2.24, 2.45) is 0 Å². The number of fused-ring (bicyclic) bond motifs is 1. The van der Waals surface area contributed by atoms with Gasteiger partial charge >= 0.3 is 0 Å². The number of nitrogens with zero attached hydrogens (tertiary/aromatic N) is 1. The second-order valence-electron chi connectivity index (χ2n) is 6.16. The molecular formula is C17H22N2O2. The maximum absolute atomic E-state index is 12.7. The molecule has 0 radical (unpaired) electrons. The van der Waals surface area contributed by atoms with Gasteiger partial charge in [-0.15, -0.1) is 0 Å². The summed E-state index contributed by atoms with van der Waals surface area (Å²) in [7, 11) is 0. The quantitative estimate of drug-likeness (QED) is 0.940. The van der Waals surface area contributed by atoms with Gasteiger partial charge in [0.1, 0.15) is 5.75 Å². The van der Waals surface area contributed by atoms with E-state index in [0.29, 0.717) is 0 Å². The first-order chi connectivity index (χ1) is 10.1. The van der Waals surface area contributed by atoms with Gasteiger partial charge in [-0.25, -0.2) is 0 Å². The predicted octanol–water partition coefficient (Wildman–Crippen LogP) is 3.34. The molecule has 1 saturated heterocycles. The lowest BCUT2D eigenvalue weighted by Gasteiger charge is -2.34. The highest BCUT2D eigenvalue weighted by Gasteiger charge is 2.35. The molecule has 1 aromatic carbocycles. The van der Waals surface area contributed by atoms with Crippen molar-refractivity contribution in [2.75, 3.05) is 13.1 Å². The number of amides is 1. The van der Waals surface area contributed by atoms with Gasteiger partial charge in [0.2, 0.25) is 0 Å². The Hall–Kier alpha value is -1.97. The average molecular weight is 286 g/mol. The summed E-state index contributed by atoms with van der Waals surface area (Å²) in [6, 6.07) is 7.89. The standard InChI is InChI=1S/C17H22N2O2/c1-17(2,16(20)19-11-4-3-5-12-19)21-14-8-6-7-13-9-10-18-15(13)14/h6-10,18H,3-5,11-12H2,1-2H3. The lowest BCUT2D eigenvalue weighted by molar-refractivity contribution is -0.146. The average Bonchev–Trinajstić information content (AvgIpc) is 2.97. The van der Waals surface area contributed by atoms with Crippen molar-refractivity contribution in [3.63, 3.8) is 0 Å². The minimum Gasteiger partial charge on any atom is -0.476 e. The number of piperidine rings is 1. The molecule has 0 spiro atoms. The van der Waals surface area contributed by atoms with Crippen LogP contribution >= 0.6 is 0 Å². The molecule has 3 rings (SSSR count). The van der Waals surface area contributed by atoms with E-state index in [9.17, 15) is 4.79 Å². The Morgan fingerprint density at radius 3 is 2.71 bits per heavy atom. The molecule has 1 aliphatic heterocycles. The van der Waals surface area contributed by atoms with Gasteiger partial charge in [-0.05, 0) is 45.2 Å². The zero-order valence-electron chi connectivity index (χ0n) is 12.7. The molecule has 1 aromatic heterocycles. The van der Waals surface area contributed by atoms with Crippen molar-refractivity contribution in [1.29, 1.82) is 0 Å². The first-order valence-corrected chi connectivity index (χ1v) is 7.62. The Balaban J connectivity index is 1.81. The number of aromatic amines is 1. The normalized spacial score (nSPS) is 16.2. The molecule has 4 heteroatoms. The maximum atomic E-state index is 12.7. The number of nitrogens with one attached hydrogen (secondary N) is 1. The number of likely N-dealkylation sites (tertiary alicyclic amines) is 1. The van der Waals surface area contributed by atoms with Crippen LogP contribution in [0.4, 0.5) is 0 Å². The summed E-state index contributed by atoms with van der Waals surface area (Å²) in [5.74, 6) is 0.804. The van der Waals surface area contributed by atoms with Gasteiger partial charge in [0, 0.05) is 24.7 Å². The van der Waals surface area contributed by atoms with Gasteiger partial charge in [-0.2, -0.15) is 0 Å². The van der Waals surface area contributed by atoms with E-state index in [-0.39, 0.29) is 5.91 Å². The first kappa shape index (κ1) is 14.0. The van der Waals surface area contributed by atoms with Crippen molar-refractivity contribution in [2.45, 2.75) is 38.7 Å². The predicted molar refractivity (Wildman–Crippen MR) is 83.4 cm³/mol. The van der Waals surface area contributed by atoms with Gasteiger partial charge in [0.05, 0.1) is 5.52 Å². The van der Waals surface area contributed by atoms with E-state index in [1.807, 2.05) is 49.2 Å². The Labute approximate surface area is 125 Å². The van der Waals surface area contributed by atoms with Crippen molar-refractivity contribution in [3.05, 3.63) is 30.5 Å². The van der Waals surface area contributed by atoms with Crippen LogP contribution in [0.5, 0.6) is 5.75 Å². The molecule has 21 heavy (non-hydrogen) atoms. The van der Waals surface area contributed by atoms with Crippen LogP contribution in [0.1, 0.15) is 33.1 Å². The highest BCUT2D eigenvalue weighted by molar-refractivity contribution is 5.88. The van der Waals surface area contributed by atoms with Crippen molar-refractivity contribution >= 4 is 16.8 Å². The molecule has 2 aromatic rings. The summed E-state index contributed by atoms with van der Waals surface area (Å²) >= 11 is 0. The zero-order chi connectivity index (χ0) is 14.9. The Morgan fingerprint density at radius 2 is 1.95 bits per heavy atom. The number of benzene rings is 1. The van der Waals surface area contributed by atoms with Crippen LogP contribution in [0.3, 0.4) is 0 Å². The topological polar surface area (TPSA) is 45.3 Å². The summed E-state index contributed by atoms with van der Waals surface area (Å²) in [4.78, 5) is 17.8. The highest BCUT2D eigenvalue weighted by Crippen LogP contribution is 2.28. The number of hydrogen-bond acceptors (Lipinski definition) is 2. The third-order valence-electron chi connectivity index (χ3n) is 4.07. The molecule has 0 atom stereocenters. The highest BCUT2D eigenvalue weighted by atomic mass is 16.5. The van der Waals surface area contributed by atoms with E-state index < -0.39 is 5.60 Å². The minimum atomic E-state index is -0.850. The molecule has 2 heterocycles. The molecule has 0 saturated carbocycles. The number of para-hydroxylation sites is 1. The number of ether oxygens (including phenoxy) is 1. The van der Waals surface area contributed by atoms with Crippen LogP contribution in [0, 0.1) is 0 Å². The van der Waals surface area contributed by atoms with E-state index in [0.717, 1.165) is 42.6 Å². The third kappa shape index (κ3) is 2.75. The second kappa shape index (κ2) is 5.43. The number of carbonyl (C=O) groups is 1. The smallest absolute Gasteiger partial charge is 0.266 e. The SMILES string of the molecule is CC(C)(Oc1cccc2cc[nH]c12)C(=O)N1CCCCC1. The molecule has 0 bridgehead atoms. The van der Waals surface area contributed by atoms with Crippen molar-refractivity contribution in [1.82, 2.24) is 9.88 Å². The van der Waals surface area contributed by atoms with Gasteiger partial charge in [-0.3, -0.25) is 4.79 Å². The van der Waals surface area contributed by atoms with Crippen LogP contribution in [-0.4, -0.2) is 34.5 Å². The lowest BCUT2D eigenvalue weighted by Crippen LogP contribution is -2.50. The first-order valence-electron chi connectivity index (χ1n) is 7.62. The summed E-state index contributed by atoms with van der Waals surface area (Å²) in [5, 5.41) is 1.09. The molecule has 1 aliphatic rings. The third-order valence-corrected chi connectivity index (χ3v) is 4.07. The molecule has 0 unspecified atom stereocenters. The molecule has 0 aliphatic carbocycles. The Kier molecular flexibility index (Phi) is 3.62. The summed E-state index contributed by atoms with van der Waals surface area (Å²) < 4.78 is 6.07. The number of H-pyrrole nitrogens is 1. The van der Waals surface area contributed by atoms with Gasteiger partial charge in [0.25, 0.3) is 5.91 Å². The zero-order valence-corrected chi connectivity index (χ0v) is 12.7. The van der Waals surface area contributed by atoms with Crippen molar-refractivity contribution < 1.29 is 9.53 Å². The minimum absolute atomic E-state index is 0.0748. The molecule has 4 nitrogen and oxygen atoms in total. The summed E-state index contributed by atoms with van der Waals surface area (Å²) in [6.07, 6.45) is 5.28. The van der Waals surface area contributed by atoms with E-state index in [4.69, 9.17) is 4.74 Å². The van der Waals surface area contributed by atoms with Crippen LogP contribution in [0.25, 0.3) is 10.9 Å². The Bertz CT molecular complexity index is 639. The fraction of sp³-hybridized carbons (Fsp3) is 0.471. The van der Waals surface area contributed by atoms with E-state index in [1.165, 1.54) is 6.42 Å². The molecule has 1 fully saturated rings. The van der Waals surface area contributed by atoms with Crippen LogP contribution in [0.15, 0.2) is 30.5 Å². The number of aromatic nitrogens is 1. The van der Waals surface area contributed by atoms with E-state index in [1.54, 1.807) is 0 Å². The fourth-order valence-electron chi connectivity index (χ4n) is 2.94.